The van der Waals surface area contributed by atoms with Gasteiger partial charge in [0.15, 0.2) is 6.10 Å². The molecule has 1 aromatic heterocycles. The van der Waals surface area contributed by atoms with Crippen molar-refractivity contribution in [3.8, 4) is 5.88 Å². The molecule has 4 rings (SSSR count). The second-order valence-electron chi connectivity index (χ2n) is 8.30. The van der Waals surface area contributed by atoms with E-state index < -0.39 is 41.8 Å². The van der Waals surface area contributed by atoms with E-state index in [-0.39, 0.29) is 36.8 Å². The molecule has 9 heteroatoms. The fraction of sp³-hybridized carbons (Fsp3) is 0.455. The number of halogens is 2. The largest absolute Gasteiger partial charge is 0.469 e. The zero-order chi connectivity index (χ0) is 22.3. The number of ether oxygens (including phenoxy) is 2. The third-order valence-electron chi connectivity index (χ3n) is 5.55. The van der Waals surface area contributed by atoms with Crippen molar-refractivity contribution in [2.24, 2.45) is 0 Å². The van der Waals surface area contributed by atoms with Gasteiger partial charge in [0, 0.05) is 12.6 Å². The lowest BCUT2D eigenvalue weighted by atomic mass is 9.99. The molecule has 166 valence electrons. The fourth-order valence-corrected chi connectivity index (χ4v) is 3.83. The number of benzene rings is 1. The van der Waals surface area contributed by atoms with Crippen molar-refractivity contribution in [3.05, 3.63) is 59.0 Å². The predicted octanol–water partition coefficient (Wildman–Crippen LogP) is 1.95. The van der Waals surface area contributed by atoms with E-state index in [4.69, 9.17) is 9.47 Å². The van der Waals surface area contributed by atoms with Crippen LogP contribution in [-0.2, 0) is 17.0 Å². The van der Waals surface area contributed by atoms with Crippen molar-refractivity contribution in [1.82, 2.24) is 9.88 Å². The summed E-state index contributed by atoms with van der Waals surface area (Å²) in [4.78, 5) is 18.0. The monoisotopic (exact) mass is 434 g/mol. The smallest absolute Gasteiger partial charge is 0.257 e. The Morgan fingerprint density at radius 1 is 1.23 bits per heavy atom. The lowest BCUT2D eigenvalue weighted by Crippen LogP contribution is -2.57. The van der Waals surface area contributed by atoms with E-state index in [1.807, 2.05) is 0 Å². The summed E-state index contributed by atoms with van der Waals surface area (Å²) in [5.41, 5.74) is -0.894. The summed E-state index contributed by atoms with van der Waals surface area (Å²) in [6.07, 6.45) is -4.47. The van der Waals surface area contributed by atoms with Gasteiger partial charge in [0.1, 0.15) is 29.8 Å². The highest BCUT2D eigenvalue weighted by atomic mass is 19.1. The predicted molar refractivity (Wildman–Crippen MR) is 106 cm³/mol. The second-order valence-corrected chi connectivity index (χ2v) is 8.30. The van der Waals surface area contributed by atoms with Gasteiger partial charge in [0.2, 0.25) is 5.88 Å². The number of fused-ring (bicyclic) bond motifs is 1. The van der Waals surface area contributed by atoms with Crippen LogP contribution in [-0.4, -0.2) is 63.6 Å². The molecule has 1 aromatic carbocycles. The maximum Gasteiger partial charge on any atom is 0.257 e. The van der Waals surface area contributed by atoms with Gasteiger partial charge in [-0.05, 0) is 31.5 Å². The molecule has 2 aromatic rings. The molecular formula is C22H24F2N2O5. The minimum absolute atomic E-state index is 0.0122. The van der Waals surface area contributed by atoms with E-state index in [0.29, 0.717) is 5.56 Å². The van der Waals surface area contributed by atoms with Gasteiger partial charge >= 0.3 is 0 Å². The number of hydrogen-bond acceptors (Lipinski definition) is 6. The van der Waals surface area contributed by atoms with Crippen LogP contribution in [0.3, 0.4) is 0 Å². The molecule has 31 heavy (non-hydrogen) atoms. The number of carbonyl (C=O) groups is 1. The molecule has 2 aliphatic rings. The van der Waals surface area contributed by atoms with Crippen LogP contribution in [0, 0.1) is 5.82 Å². The van der Waals surface area contributed by atoms with Crippen LogP contribution in [0.5, 0.6) is 5.88 Å². The number of aliphatic hydroxyl groups excluding tert-OH is 2. The summed E-state index contributed by atoms with van der Waals surface area (Å²) >= 11 is 0. The van der Waals surface area contributed by atoms with Gasteiger partial charge in [0.05, 0.1) is 24.4 Å². The molecule has 7 nitrogen and oxygen atoms in total. The average Bonchev–Trinajstić information content (AvgIpc) is 3.04. The molecule has 1 fully saturated rings. The molecule has 0 unspecified atom stereocenters. The number of aromatic nitrogens is 1. The Morgan fingerprint density at radius 2 is 1.97 bits per heavy atom. The van der Waals surface area contributed by atoms with Gasteiger partial charge in [-0.2, -0.15) is 0 Å². The van der Waals surface area contributed by atoms with Crippen molar-refractivity contribution in [2.75, 3.05) is 13.2 Å². The molecule has 0 radical (unpaired) electrons. The van der Waals surface area contributed by atoms with E-state index >= 15 is 0 Å². The van der Waals surface area contributed by atoms with Gasteiger partial charge in [-0.25, -0.2) is 13.8 Å². The first kappa shape index (κ1) is 21.6. The Kier molecular flexibility index (Phi) is 5.67. The van der Waals surface area contributed by atoms with Gasteiger partial charge < -0.3 is 24.6 Å². The van der Waals surface area contributed by atoms with E-state index in [1.165, 1.54) is 43.0 Å². The fourth-order valence-electron chi connectivity index (χ4n) is 3.83. The SMILES string of the molecule is CC(C)(F)c1cccc(O[C@H]2CO[C@H](CN3Cc4cccc(F)c4C3=O)[C@H](O)[C@@H]2O)n1. The topological polar surface area (TPSA) is 92.1 Å². The summed E-state index contributed by atoms with van der Waals surface area (Å²) in [7, 11) is 0. The molecule has 2 aliphatic heterocycles. The Hall–Kier alpha value is -2.62. The molecule has 0 spiro atoms. The van der Waals surface area contributed by atoms with E-state index in [0.717, 1.165) is 0 Å². The number of rotatable bonds is 5. The van der Waals surface area contributed by atoms with Crippen LogP contribution in [0.2, 0.25) is 0 Å². The normalized spacial score (nSPS) is 26.1. The van der Waals surface area contributed by atoms with Crippen molar-refractivity contribution >= 4 is 5.91 Å². The van der Waals surface area contributed by atoms with Crippen molar-refractivity contribution in [2.45, 2.75) is 50.5 Å². The Balaban J connectivity index is 1.40. The number of aliphatic hydroxyl groups is 2. The summed E-state index contributed by atoms with van der Waals surface area (Å²) in [6, 6.07) is 9.08. The number of alkyl halides is 1. The zero-order valence-corrected chi connectivity index (χ0v) is 17.2. The van der Waals surface area contributed by atoms with Gasteiger partial charge in [-0.15, -0.1) is 0 Å². The molecule has 4 atom stereocenters. The van der Waals surface area contributed by atoms with Crippen LogP contribution in [0.1, 0.15) is 35.5 Å². The summed E-state index contributed by atoms with van der Waals surface area (Å²) in [6.45, 7) is 2.86. The van der Waals surface area contributed by atoms with Crippen LogP contribution in [0.15, 0.2) is 36.4 Å². The quantitative estimate of drug-likeness (QED) is 0.748. The van der Waals surface area contributed by atoms with Crippen LogP contribution < -0.4 is 4.74 Å². The molecule has 3 heterocycles. The Bertz CT molecular complexity index is 981. The number of carbonyl (C=O) groups excluding carboxylic acids is 1. The number of amides is 1. The zero-order valence-electron chi connectivity index (χ0n) is 17.2. The molecule has 2 N–H and O–H groups in total. The minimum Gasteiger partial charge on any atom is -0.469 e. The highest BCUT2D eigenvalue weighted by Gasteiger charge is 2.42. The molecular weight excluding hydrogens is 410 g/mol. The van der Waals surface area contributed by atoms with Crippen molar-refractivity contribution in [1.29, 1.82) is 0 Å². The third kappa shape index (κ3) is 4.26. The van der Waals surface area contributed by atoms with Crippen molar-refractivity contribution < 1.29 is 33.3 Å². The van der Waals surface area contributed by atoms with Crippen LogP contribution in [0.4, 0.5) is 8.78 Å². The molecule has 0 bridgehead atoms. The van der Waals surface area contributed by atoms with Crippen LogP contribution >= 0.6 is 0 Å². The second kappa shape index (κ2) is 8.14. The number of nitrogens with zero attached hydrogens (tertiary/aromatic N) is 2. The number of pyridine rings is 1. The first-order chi connectivity index (χ1) is 14.6. The van der Waals surface area contributed by atoms with Crippen LogP contribution in [0.25, 0.3) is 0 Å². The first-order valence-corrected chi connectivity index (χ1v) is 10.0. The van der Waals surface area contributed by atoms with Crippen molar-refractivity contribution in [3.63, 3.8) is 0 Å². The molecule has 0 saturated carbocycles. The molecule has 1 saturated heterocycles. The minimum atomic E-state index is -1.66. The van der Waals surface area contributed by atoms with E-state index in [2.05, 4.69) is 4.98 Å². The summed E-state index contributed by atoms with van der Waals surface area (Å²) in [5.74, 6) is -0.969. The maximum atomic E-state index is 14.1. The maximum absolute atomic E-state index is 14.1. The standard InChI is InChI=1S/C22H24F2N2O5/c1-22(2,24)16-7-4-8-17(25-16)31-15-11-30-14(19(27)20(15)28)10-26-9-12-5-3-6-13(23)18(12)21(26)29/h3-8,14-15,19-20,27-28H,9-11H2,1-2H3/t14-,15+,19+,20-/m1/s1. The first-order valence-electron chi connectivity index (χ1n) is 10.0. The van der Waals surface area contributed by atoms with Gasteiger partial charge in [-0.1, -0.05) is 18.2 Å². The van der Waals surface area contributed by atoms with E-state index in [1.54, 1.807) is 12.1 Å². The third-order valence-corrected chi connectivity index (χ3v) is 5.55. The van der Waals surface area contributed by atoms with E-state index in [9.17, 15) is 23.8 Å². The summed E-state index contributed by atoms with van der Waals surface area (Å²) < 4.78 is 39.4. The molecule has 0 aliphatic carbocycles. The Morgan fingerprint density at radius 3 is 2.68 bits per heavy atom. The number of hydrogen-bond donors (Lipinski definition) is 2. The summed E-state index contributed by atoms with van der Waals surface area (Å²) in [5, 5.41) is 21.1. The average molecular weight is 434 g/mol. The van der Waals surface area contributed by atoms with Gasteiger partial charge in [0.25, 0.3) is 5.91 Å². The van der Waals surface area contributed by atoms with Gasteiger partial charge in [-0.3, -0.25) is 4.79 Å². The molecule has 1 amide bonds. The highest BCUT2D eigenvalue weighted by molar-refractivity contribution is 5.98. The highest BCUT2D eigenvalue weighted by Crippen LogP contribution is 2.29. The Labute approximate surface area is 178 Å². The lowest BCUT2D eigenvalue weighted by molar-refractivity contribution is -0.183. The lowest BCUT2D eigenvalue weighted by Gasteiger charge is -2.38.